The molecule has 0 aliphatic carbocycles. The Bertz CT molecular complexity index is 1190. The summed E-state index contributed by atoms with van der Waals surface area (Å²) in [6.45, 7) is 5.44. The second-order valence-electron chi connectivity index (χ2n) is 8.00. The van der Waals surface area contributed by atoms with Gasteiger partial charge in [-0.15, -0.1) is 0 Å². The van der Waals surface area contributed by atoms with E-state index in [0.29, 0.717) is 12.1 Å². The maximum Gasteiger partial charge on any atom is 0.264 e. The standard InChI is InChI=1S/C25H26N2O3S/c1-18-13-15-22(16-14-18)31(29,30)27(21-9-5-4-6-10-21)25-17-19(2)26(20(3)28)24-12-8-7-11-23(24)25/h4-16,19,25H,17H2,1-3H3/t19-,25-/m0/s1. The summed E-state index contributed by atoms with van der Waals surface area (Å²) in [4.78, 5) is 14.4. The van der Waals surface area contributed by atoms with Crippen LogP contribution in [0.3, 0.4) is 0 Å². The van der Waals surface area contributed by atoms with E-state index in [1.54, 1.807) is 24.0 Å². The van der Waals surface area contributed by atoms with E-state index < -0.39 is 16.1 Å². The molecule has 1 amide bonds. The molecular formula is C25H26N2O3S. The van der Waals surface area contributed by atoms with Gasteiger partial charge in [-0.3, -0.25) is 9.10 Å². The number of fused-ring (bicyclic) bond motifs is 1. The lowest BCUT2D eigenvalue weighted by molar-refractivity contribution is -0.117. The maximum absolute atomic E-state index is 13.9. The first-order valence-electron chi connectivity index (χ1n) is 10.4. The van der Waals surface area contributed by atoms with Crippen LogP contribution in [0.2, 0.25) is 0 Å². The number of hydrogen-bond acceptors (Lipinski definition) is 3. The minimum Gasteiger partial charge on any atom is -0.309 e. The van der Waals surface area contributed by atoms with Gasteiger partial charge in [-0.25, -0.2) is 8.42 Å². The molecule has 6 heteroatoms. The lowest BCUT2D eigenvalue weighted by Gasteiger charge is -2.43. The second-order valence-corrected chi connectivity index (χ2v) is 9.81. The number of aryl methyl sites for hydroxylation is 1. The molecule has 0 radical (unpaired) electrons. The number of sulfonamides is 1. The third-order valence-electron chi connectivity index (χ3n) is 5.77. The molecule has 5 nitrogen and oxygen atoms in total. The Hall–Kier alpha value is -3.12. The van der Waals surface area contributed by atoms with Gasteiger partial charge in [-0.1, -0.05) is 54.1 Å². The highest BCUT2D eigenvalue weighted by atomic mass is 32.2. The van der Waals surface area contributed by atoms with Gasteiger partial charge < -0.3 is 4.90 Å². The van der Waals surface area contributed by atoms with E-state index in [1.807, 2.05) is 80.6 Å². The van der Waals surface area contributed by atoms with Crippen molar-refractivity contribution < 1.29 is 13.2 Å². The van der Waals surface area contributed by atoms with Crippen molar-refractivity contribution in [2.45, 2.75) is 44.2 Å². The predicted octanol–water partition coefficient (Wildman–Crippen LogP) is 5.08. The minimum absolute atomic E-state index is 0.0500. The predicted molar refractivity (Wildman–Crippen MR) is 124 cm³/mol. The van der Waals surface area contributed by atoms with Gasteiger partial charge in [0.25, 0.3) is 10.0 Å². The molecule has 31 heavy (non-hydrogen) atoms. The van der Waals surface area contributed by atoms with Crippen molar-refractivity contribution in [3.05, 3.63) is 90.0 Å². The van der Waals surface area contributed by atoms with Crippen LogP contribution in [-0.2, 0) is 14.8 Å². The summed E-state index contributed by atoms with van der Waals surface area (Å²) in [5, 5.41) is 0. The summed E-state index contributed by atoms with van der Waals surface area (Å²) >= 11 is 0. The van der Waals surface area contributed by atoms with Crippen LogP contribution in [0.15, 0.2) is 83.8 Å². The van der Waals surface area contributed by atoms with E-state index in [4.69, 9.17) is 0 Å². The number of carbonyl (C=O) groups excluding carboxylic acids is 1. The van der Waals surface area contributed by atoms with Gasteiger partial charge in [0, 0.05) is 18.7 Å². The Morgan fingerprint density at radius 1 is 0.935 bits per heavy atom. The summed E-state index contributed by atoms with van der Waals surface area (Å²) in [6.07, 6.45) is 0.497. The molecule has 1 aliphatic heterocycles. The lowest BCUT2D eigenvalue weighted by Crippen LogP contribution is -2.47. The van der Waals surface area contributed by atoms with Crippen molar-refractivity contribution in [1.29, 1.82) is 0 Å². The summed E-state index contributed by atoms with van der Waals surface area (Å²) in [6, 6.07) is 23.1. The van der Waals surface area contributed by atoms with Crippen LogP contribution >= 0.6 is 0 Å². The molecule has 1 aliphatic rings. The van der Waals surface area contributed by atoms with Crippen molar-refractivity contribution in [2.75, 3.05) is 9.21 Å². The van der Waals surface area contributed by atoms with Crippen LogP contribution < -0.4 is 9.21 Å². The van der Waals surface area contributed by atoms with Gasteiger partial charge >= 0.3 is 0 Å². The van der Waals surface area contributed by atoms with E-state index in [1.165, 1.54) is 4.31 Å². The highest BCUT2D eigenvalue weighted by molar-refractivity contribution is 7.92. The number of nitrogens with zero attached hydrogens (tertiary/aromatic N) is 2. The minimum atomic E-state index is -3.84. The van der Waals surface area contributed by atoms with Gasteiger partial charge in [-0.2, -0.15) is 0 Å². The van der Waals surface area contributed by atoms with Crippen molar-refractivity contribution in [3.8, 4) is 0 Å². The number of rotatable bonds is 4. The van der Waals surface area contributed by atoms with Crippen molar-refractivity contribution in [3.63, 3.8) is 0 Å². The zero-order chi connectivity index (χ0) is 22.2. The number of hydrogen-bond donors (Lipinski definition) is 0. The number of para-hydroxylation sites is 2. The van der Waals surface area contributed by atoms with Crippen LogP contribution in [0, 0.1) is 6.92 Å². The first-order chi connectivity index (χ1) is 14.8. The average Bonchev–Trinajstić information content (AvgIpc) is 2.74. The fourth-order valence-corrected chi connectivity index (χ4v) is 6.01. The zero-order valence-corrected chi connectivity index (χ0v) is 18.7. The Labute approximate surface area is 184 Å². The Kier molecular flexibility index (Phi) is 5.58. The third kappa shape index (κ3) is 3.83. The molecule has 3 aromatic carbocycles. The molecule has 0 N–H and O–H groups in total. The molecule has 2 atom stereocenters. The normalized spacial score (nSPS) is 18.4. The summed E-state index contributed by atoms with van der Waals surface area (Å²) in [5.41, 5.74) is 3.19. The fourth-order valence-electron chi connectivity index (χ4n) is 4.37. The second kappa shape index (κ2) is 8.19. The quantitative estimate of drug-likeness (QED) is 0.576. The van der Waals surface area contributed by atoms with Crippen LogP contribution in [0.5, 0.6) is 0 Å². The molecule has 0 bridgehead atoms. The van der Waals surface area contributed by atoms with Crippen molar-refractivity contribution in [1.82, 2.24) is 0 Å². The first-order valence-corrected chi connectivity index (χ1v) is 11.8. The summed E-state index contributed by atoms with van der Waals surface area (Å²) in [7, 11) is -3.84. The van der Waals surface area contributed by atoms with Gasteiger partial charge in [0.1, 0.15) is 0 Å². The van der Waals surface area contributed by atoms with E-state index in [2.05, 4.69) is 0 Å². The molecular weight excluding hydrogens is 408 g/mol. The topological polar surface area (TPSA) is 57.7 Å². The third-order valence-corrected chi connectivity index (χ3v) is 7.62. The molecule has 0 aromatic heterocycles. The number of benzene rings is 3. The average molecular weight is 435 g/mol. The molecule has 0 spiro atoms. The first kappa shape index (κ1) is 21.1. The molecule has 0 fully saturated rings. The molecule has 3 aromatic rings. The van der Waals surface area contributed by atoms with Gasteiger partial charge in [0.05, 0.1) is 16.6 Å². The summed E-state index contributed by atoms with van der Waals surface area (Å²) < 4.78 is 29.4. The Balaban J connectivity index is 1.92. The van der Waals surface area contributed by atoms with Crippen LogP contribution in [0.25, 0.3) is 0 Å². The molecule has 0 unspecified atom stereocenters. The number of anilines is 2. The Morgan fingerprint density at radius 2 is 1.55 bits per heavy atom. The van der Waals surface area contributed by atoms with Crippen LogP contribution in [0.4, 0.5) is 11.4 Å². The SMILES string of the molecule is CC(=O)N1c2ccccc2[C@@H](N(c2ccccc2)S(=O)(=O)c2ccc(C)cc2)C[C@@H]1C. The molecule has 0 saturated heterocycles. The van der Waals surface area contributed by atoms with Crippen molar-refractivity contribution in [2.24, 2.45) is 0 Å². The van der Waals surface area contributed by atoms with Crippen LogP contribution in [-0.4, -0.2) is 20.4 Å². The maximum atomic E-state index is 13.9. The van der Waals surface area contributed by atoms with Crippen molar-refractivity contribution >= 4 is 27.3 Å². The van der Waals surface area contributed by atoms with Gasteiger partial charge in [-0.05, 0) is 56.2 Å². The van der Waals surface area contributed by atoms with Gasteiger partial charge in [0.15, 0.2) is 0 Å². The van der Waals surface area contributed by atoms with Gasteiger partial charge in [0.2, 0.25) is 5.91 Å². The summed E-state index contributed by atoms with van der Waals surface area (Å²) in [5.74, 6) is -0.0500. The van der Waals surface area contributed by atoms with Crippen LogP contribution in [0.1, 0.15) is 37.4 Å². The zero-order valence-electron chi connectivity index (χ0n) is 17.9. The fraction of sp³-hybridized carbons (Fsp3) is 0.240. The van der Waals surface area contributed by atoms with E-state index in [0.717, 1.165) is 16.8 Å². The van der Waals surface area contributed by atoms with E-state index >= 15 is 0 Å². The monoisotopic (exact) mass is 434 g/mol. The van der Waals surface area contributed by atoms with E-state index in [9.17, 15) is 13.2 Å². The molecule has 4 rings (SSSR count). The highest BCUT2D eigenvalue weighted by Gasteiger charge is 2.40. The lowest BCUT2D eigenvalue weighted by atomic mass is 9.91. The largest absolute Gasteiger partial charge is 0.309 e. The molecule has 0 saturated carbocycles. The smallest absolute Gasteiger partial charge is 0.264 e. The Morgan fingerprint density at radius 3 is 2.19 bits per heavy atom. The number of carbonyl (C=O) groups is 1. The highest BCUT2D eigenvalue weighted by Crippen LogP contribution is 2.44. The molecule has 160 valence electrons. The molecule has 1 heterocycles. The van der Waals surface area contributed by atoms with E-state index in [-0.39, 0.29) is 16.8 Å². The number of amides is 1.